The van der Waals surface area contributed by atoms with E-state index in [-0.39, 0.29) is 29.6 Å². The molecular weight excluding hydrogens is 175 g/mol. The van der Waals surface area contributed by atoms with Crippen molar-refractivity contribution in [1.82, 2.24) is 0 Å². The molecule has 1 rings (SSSR count). The van der Waals surface area contributed by atoms with Crippen LogP contribution in [0.1, 0.15) is 27.0 Å². The summed E-state index contributed by atoms with van der Waals surface area (Å²) in [6, 6.07) is 3.77. The molecule has 0 bridgehead atoms. The van der Waals surface area contributed by atoms with Crippen LogP contribution < -0.4 is 0 Å². The van der Waals surface area contributed by atoms with E-state index in [2.05, 4.69) is 0 Å². The summed E-state index contributed by atoms with van der Waals surface area (Å²) in [7, 11) is 0. The molecule has 0 atom stereocenters. The van der Waals surface area contributed by atoms with Crippen molar-refractivity contribution in [3.05, 3.63) is 34.4 Å². The standard InChI is InChI=1S/C10H12O2.Na.H/c1-6-4-7(2)9(10(11)12)8(3)5-6;;/h4-5H,1-3H3,(H,11,12);;. The van der Waals surface area contributed by atoms with E-state index in [4.69, 9.17) is 5.11 Å². The molecule has 0 saturated carbocycles. The number of hydrogen-bond donors (Lipinski definition) is 1. The molecule has 0 heterocycles. The van der Waals surface area contributed by atoms with Crippen LogP contribution in [0.25, 0.3) is 0 Å². The van der Waals surface area contributed by atoms with Crippen molar-refractivity contribution >= 4 is 35.5 Å². The summed E-state index contributed by atoms with van der Waals surface area (Å²) in [6.07, 6.45) is 0. The quantitative estimate of drug-likeness (QED) is 0.680. The molecule has 0 fully saturated rings. The fourth-order valence-corrected chi connectivity index (χ4v) is 1.52. The second-order valence-electron chi connectivity index (χ2n) is 3.08. The Morgan fingerprint density at radius 2 is 1.54 bits per heavy atom. The van der Waals surface area contributed by atoms with E-state index in [0.29, 0.717) is 5.56 Å². The number of aromatic carboxylic acids is 1. The Morgan fingerprint density at radius 3 is 1.85 bits per heavy atom. The molecule has 1 aromatic rings. The van der Waals surface area contributed by atoms with Gasteiger partial charge in [-0.25, -0.2) is 4.79 Å². The van der Waals surface area contributed by atoms with Crippen LogP contribution >= 0.6 is 0 Å². The van der Waals surface area contributed by atoms with Crippen LogP contribution in [0.2, 0.25) is 0 Å². The minimum absolute atomic E-state index is 0. The first-order valence-corrected chi connectivity index (χ1v) is 3.83. The Labute approximate surface area is 100 Å². The zero-order valence-corrected chi connectivity index (χ0v) is 7.51. The monoisotopic (exact) mass is 188 g/mol. The van der Waals surface area contributed by atoms with Crippen molar-refractivity contribution in [3.63, 3.8) is 0 Å². The molecule has 3 heteroatoms. The Balaban J connectivity index is 0.00000144. The maximum absolute atomic E-state index is 10.8. The number of carbonyl (C=O) groups is 1. The summed E-state index contributed by atoms with van der Waals surface area (Å²) in [5.41, 5.74) is 3.20. The Kier molecular flexibility index (Phi) is 4.68. The van der Waals surface area contributed by atoms with Gasteiger partial charge < -0.3 is 5.11 Å². The number of hydrogen-bond acceptors (Lipinski definition) is 1. The van der Waals surface area contributed by atoms with Crippen LogP contribution in [0.3, 0.4) is 0 Å². The van der Waals surface area contributed by atoms with Crippen molar-refractivity contribution in [2.45, 2.75) is 20.8 Å². The molecule has 0 aliphatic heterocycles. The molecule has 0 spiro atoms. The summed E-state index contributed by atoms with van der Waals surface area (Å²) >= 11 is 0. The third-order valence-corrected chi connectivity index (χ3v) is 1.89. The summed E-state index contributed by atoms with van der Waals surface area (Å²) < 4.78 is 0. The molecule has 1 aromatic carbocycles. The van der Waals surface area contributed by atoms with Crippen LogP contribution in [0.5, 0.6) is 0 Å². The molecule has 0 aliphatic rings. The van der Waals surface area contributed by atoms with Gasteiger partial charge in [-0.05, 0) is 31.9 Å². The van der Waals surface area contributed by atoms with Gasteiger partial charge in [0, 0.05) is 0 Å². The predicted octanol–water partition coefficient (Wildman–Crippen LogP) is 1.66. The van der Waals surface area contributed by atoms with E-state index < -0.39 is 5.97 Å². The number of aryl methyl sites for hydroxylation is 3. The Bertz CT molecular complexity index is 309. The van der Waals surface area contributed by atoms with Crippen LogP contribution in [0.4, 0.5) is 0 Å². The van der Waals surface area contributed by atoms with E-state index in [1.807, 2.05) is 32.9 Å². The van der Waals surface area contributed by atoms with E-state index in [1.165, 1.54) is 0 Å². The SMILES string of the molecule is Cc1cc(C)c(C(=O)O)c(C)c1.[NaH]. The average molecular weight is 188 g/mol. The summed E-state index contributed by atoms with van der Waals surface area (Å²) in [6.45, 7) is 5.61. The number of rotatable bonds is 1. The zero-order chi connectivity index (χ0) is 9.30. The van der Waals surface area contributed by atoms with Gasteiger partial charge in [-0.3, -0.25) is 0 Å². The first-order valence-electron chi connectivity index (χ1n) is 3.83. The zero-order valence-electron chi connectivity index (χ0n) is 7.51. The summed E-state index contributed by atoms with van der Waals surface area (Å²) in [4.78, 5) is 10.8. The Morgan fingerprint density at radius 1 is 1.15 bits per heavy atom. The molecule has 0 aliphatic carbocycles. The third kappa shape index (κ3) is 2.83. The molecule has 0 radical (unpaired) electrons. The first-order chi connectivity index (χ1) is 5.52. The normalized spacial score (nSPS) is 9.15. The van der Waals surface area contributed by atoms with Crippen LogP contribution in [-0.4, -0.2) is 40.6 Å². The summed E-state index contributed by atoms with van der Waals surface area (Å²) in [5, 5.41) is 8.84. The molecule has 66 valence electrons. The second kappa shape index (κ2) is 4.80. The van der Waals surface area contributed by atoms with Crippen molar-refractivity contribution < 1.29 is 9.90 Å². The van der Waals surface area contributed by atoms with Crippen molar-refractivity contribution in [1.29, 1.82) is 0 Å². The molecule has 0 aromatic heterocycles. The number of carboxylic acid groups (broad SMARTS) is 1. The van der Waals surface area contributed by atoms with E-state index in [0.717, 1.165) is 16.7 Å². The molecule has 0 saturated heterocycles. The van der Waals surface area contributed by atoms with Crippen LogP contribution in [-0.2, 0) is 0 Å². The van der Waals surface area contributed by atoms with Crippen molar-refractivity contribution in [2.75, 3.05) is 0 Å². The molecule has 1 N–H and O–H groups in total. The van der Waals surface area contributed by atoms with Gasteiger partial charge in [0.1, 0.15) is 0 Å². The van der Waals surface area contributed by atoms with E-state index in [1.54, 1.807) is 0 Å². The van der Waals surface area contributed by atoms with Gasteiger partial charge in [0.25, 0.3) is 0 Å². The summed E-state index contributed by atoms with van der Waals surface area (Å²) in [5.74, 6) is -0.843. The molecule has 0 unspecified atom stereocenters. The average Bonchev–Trinajstić information content (AvgIpc) is 1.82. The van der Waals surface area contributed by atoms with Gasteiger partial charge in [-0.15, -0.1) is 0 Å². The van der Waals surface area contributed by atoms with Gasteiger partial charge in [-0.1, -0.05) is 17.7 Å². The van der Waals surface area contributed by atoms with Gasteiger partial charge >= 0.3 is 35.5 Å². The van der Waals surface area contributed by atoms with Crippen LogP contribution in [0.15, 0.2) is 12.1 Å². The van der Waals surface area contributed by atoms with Gasteiger partial charge in [0.15, 0.2) is 0 Å². The Hall–Kier alpha value is -0.310. The van der Waals surface area contributed by atoms with Gasteiger partial charge in [0.2, 0.25) is 0 Å². The predicted molar refractivity (Wildman–Crippen MR) is 54.8 cm³/mol. The van der Waals surface area contributed by atoms with E-state index >= 15 is 0 Å². The van der Waals surface area contributed by atoms with Gasteiger partial charge in [-0.2, -0.15) is 0 Å². The minimum atomic E-state index is -0.843. The first kappa shape index (κ1) is 12.7. The number of benzene rings is 1. The van der Waals surface area contributed by atoms with Gasteiger partial charge in [0.05, 0.1) is 5.56 Å². The molecule has 13 heavy (non-hydrogen) atoms. The fraction of sp³-hybridized carbons (Fsp3) is 0.300. The topological polar surface area (TPSA) is 37.3 Å². The van der Waals surface area contributed by atoms with Crippen molar-refractivity contribution in [2.24, 2.45) is 0 Å². The molecular formula is C10H13NaO2. The molecule has 2 nitrogen and oxygen atoms in total. The number of carboxylic acids is 1. The fourth-order valence-electron chi connectivity index (χ4n) is 1.52. The third-order valence-electron chi connectivity index (χ3n) is 1.89. The maximum atomic E-state index is 10.8. The van der Waals surface area contributed by atoms with Crippen LogP contribution in [0, 0.1) is 20.8 Å². The second-order valence-corrected chi connectivity index (χ2v) is 3.08. The van der Waals surface area contributed by atoms with E-state index in [9.17, 15) is 4.79 Å². The molecule has 0 amide bonds. The van der Waals surface area contributed by atoms with Crippen molar-refractivity contribution in [3.8, 4) is 0 Å².